The molecular weight excluding hydrogens is 446 g/mol. The zero-order valence-corrected chi connectivity index (χ0v) is 22.6. The van der Waals surface area contributed by atoms with Gasteiger partial charge in [-0.2, -0.15) is 0 Å². The summed E-state index contributed by atoms with van der Waals surface area (Å²) in [4.78, 5) is 2.22. The van der Waals surface area contributed by atoms with Crippen molar-refractivity contribution in [3.63, 3.8) is 0 Å². The molecule has 3 rings (SSSR count). The van der Waals surface area contributed by atoms with Gasteiger partial charge in [-0.15, -0.1) is 0 Å². The smallest absolute Gasteiger partial charge is 0.0891 e. The van der Waals surface area contributed by atoms with Crippen LogP contribution in [0, 0.1) is 0 Å². The number of rotatable bonds is 12. The van der Waals surface area contributed by atoms with Crippen LogP contribution in [0.5, 0.6) is 0 Å². The van der Waals surface area contributed by atoms with E-state index in [-0.39, 0.29) is 13.2 Å². The Balaban J connectivity index is 2.01. The molecule has 0 aromatic heterocycles. The van der Waals surface area contributed by atoms with Gasteiger partial charge in [-0.05, 0) is 82.3 Å². The fraction of sp³-hybridized carbons (Fsp3) is 0.438. The van der Waals surface area contributed by atoms with E-state index in [1.165, 1.54) is 22.3 Å². The van der Waals surface area contributed by atoms with Crippen molar-refractivity contribution in [2.24, 2.45) is 0 Å². The Morgan fingerprint density at radius 3 is 2.03 bits per heavy atom. The lowest BCUT2D eigenvalue weighted by molar-refractivity contribution is 0.0283. The van der Waals surface area contributed by atoms with Crippen LogP contribution in [-0.4, -0.2) is 22.4 Å². The fourth-order valence-corrected chi connectivity index (χ4v) is 5.09. The van der Waals surface area contributed by atoms with Gasteiger partial charge in [-0.3, -0.25) is 0 Å². The molecule has 3 N–H and O–H groups in total. The van der Waals surface area contributed by atoms with Crippen LogP contribution in [0.25, 0.3) is 11.1 Å². The molecule has 4 heteroatoms. The average molecular weight is 490 g/mol. The van der Waals surface area contributed by atoms with E-state index in [1.807, 2.05) is 32.0 Å². The highest BCUT2D eigenvalue weighted by molar-refractivity contribution is 5.75. The SMILES string of the molecule is CCCc1cc(C(O)(CC)CC)ccc1-c1cc(N(C)Cc2ccc(CO)c(CO)c2)ccc1CC. The molecule has 0 bridgehead atoms. The first-order valence-electron chi connectivity index (χ1n) is 13.4. The lowest BCUT2D eigenvalue weighted by atomic mass is 9.84. The predicted molar refractivity (Wildman–Crippen MR) is 150 cm³/mol. The fourth-order valence-electron chi connectivity index (χ4n) is 5.09. The molecule has 0 fully saturated rings. The van der Waals surface area contributed by atoms with Crippen molar-refractivity contribution in [2.75, 3.05) is 11.9 Å². The Bertz CT molecular complexity index is 1150. The van der Waals surface area contributed by atoms with Crippen molar-refractivity contribution in [3.8, 4) is 11.1 Å². The third kappa shape index (κ3) is 6.00. The summed E-state index contributed by atoms with van der Waals surface area (Å²) in [6.45, 7) is 9.05. The van der Waals surface area contributed by atoms with Gasteiger partial charge >= 0.3 is 0 Å². The first-order chi connectivity index (χ1) is 17.3. The minimum Gasteiger partial charge on any atom is -0.392 e. The summed E-state index contributed by atoms with van der Waals surface area (Å²) in [5.74, 6) is 0. The molecule has 3 aromatic carbocycles. The zero-order valence-electron chi connectivity index (χ0n) is 22.6. The number of hydrogen-bond acceptors (Lipinski definition) is 4. The van der Waals surface area contributed by atoms with Crippen LogP contribution < -0.4 is 4.90 Å². The molecule has 0 radical (unpaired) electrons. The van der Waals surface area contributed by atoms with Crippen LogP contribution in [0.4, 0.5) is 5.69 Å². The van der Waals surface area contributed by atoms with E-state index in [1.54, 1.807) is 0 Å². The molecule has 4 nitrogen and oxygen atoms in total. The summed E-state index contributed by atoms with van der Waals surface area (Å²) in [6, 6.07) is 19.1. The normalized spacial score (nSPS) is 11.7. The third-order valence-electron chi connectivity index (χ3n) is 7.57. The van der Waals surface area contributed by atoms with Gasteiger partial charge in [0.2, 0.25) is 0 Å². The van der Waals surface area contributed by atoms with Gasteiger partial charge in [0.05, 0.1) is 18.8 Å². The Hall–Kier alpha value is -2.66. The number of aliphatic hydroxyl groups excluding tert-OH is 2. The molecule has 0 saturated carbocycles. The van der Waals surface area contributed by atoms with E-state index in [4.69, 9.17) is 0 Å². The zero-order chi connectivity index (χ0) is 26.3. The van der Waals surface area contributed by atoms with Gasteiger partial charge in [0.1, 0.15) is 0 Å². The van der Waals surface area contributed by atoms with Gasteiger partial charge in [0.15, 0.2) is 0 Å². The van der Waals surface area contributed by atoms with E-state index in [9.17, 15) is 15.3 Å². The predicted octanol–water partition coefficient (Wildman–Crippen LogP) is 6.50. The van der Waals surface area contributed by atoms with E-state index in [0.717, 1.165) is 47.2 Å². The van der Waals surface area contributed by atoms with Crippen molar-refractivity contribution in [1.29, 1.82) is 0 Å². The molecule has 0 unspecified atom stereocenters. The highest BCUT2D eigenvalue weighted by Gasteiger charge is 2.26. The second kappa shape index (κ2) is 12.5. The molecule has 194 valence electrons. The molecule has 0 aliphatic carbocycles. The van der Waals surface area contributed by atoms with Crippen LogP contribution in [0.3, 0.4) is 0 Å². The Morgan fingerprint density at radius 1 is 0.722 bits per heavy atom. The average Bonchev–Trinajstić information content (AvgIpc) is 2.92. The maximum Gasteiger partial charge on any atom is 0.0891 e. The molecular formula is C32H43NO3. The van der Waals surface area contributed by atoms with Crippen LogP contribution in [0.15, 0.2) is 54.6 Å². The quantitative estimate of drug-likeness (QED) is 0.272. The number of anilines is 1. The van der Waals surface area contributed by atoms with Gasteiger partial charge in [0, 0.05) is 19.3 Å². The van der Waals surface area contributed by atoms with Crippen molar-refractivity contribution in [2.45, 2.75) is 85.2 Å². The lowest BCUT2D eigenvalue weighted by Gasteiger charge is -2.27. The topological polar surface area (TPSA) is 63.9 Å². The summed E-state index contributed by atoms with van der Waals surface area (Å²) in [6.07, 6.45) is 4.36. The van der Waals surface area contributed by atoms with Gasteiger partial charge in [-0.25, -0.2) is 0 Å². The molecule has 0 aliphatic rings. The summed E-state index contributed by atoms with van der Waals surface area (Å²) in [5.41, 5.74) is 9.09. The summed E-state index contributed by atoms with van der Waals surface area (Å²) >= 11 is 0. The van der Waals surface area contributed by atoms with Gasteiger partial charge in [0.25, 0.3) is 0 Å². The highest BCUT2D eigenvalue weighted by atomic mass is 16.3. The molecule has 0 heterocycles. The number of nitrogens with zero attached hydrogens (tertiary/aromatic N) is 1. The van der Waals surface area contributed by atoms with Crippen molar-refractivity contribution in [3.05, 3.63) is 88.0 Å². The minimum absolute atomic E-state index is 0.0688. The van der Waals surface area contributed by atoms with Gasteiger partial charge in [-0.1, -0.05) is 76.6 Å². The highest BCUT2D eigenvalue weighted by Crippen LogP contribution is 2.36. The van der Waals surface area contributed by atoms with E-state index in [0.29, 0.717) is 19.4 Å². The molecule has 0 aliphatic heterocycles. The van der Waals surface area contributed by atoms with E-state index in [2.05, 4.69) is 62.2 Å². The molecule has 0 spiro atoms. The van der Waals surface area contributed by atoms with E-state index < -0.39 is 5.60 Å². The van der Waals surface area contributed by atoms with Gasteiger partial charge < -0.3 is 20.2 Å². The number of benzene rings is 3. The monoisotopic (exact) mass is 489 g/mol. The summed E-state index contributed by atoms with van der Waals surface area (Å²) in [5, 5.41) is 30.3. The standard InChI is InChI=1S/C32H43NO3/c1-6-10-25-18-28(32(36,8-3)9-4)14-16-30(25)31-19-29(15-13-24(31)7-2)33(5)20-23-11-12-26(21-34)27(17-23)22-35/h11-19,34-36H,6-10,20-22H2,1-5H3. The Kier molecular flexibility index (Phi) is 9.72. The van der Waals surface area contributed by atoms with Crippen LogP contribution >= 0.6 is 0 Å². The van der Waals surface area contributed by atoms with Crippen molar-refractivity contribution >= 4 is 5.69 Å². The molecule has 0 saturated heterocycles. The number of aryl methyl sites for hydroxylation is 2. The first kappa shape index (κ1) is 27.9. The van der Waals surface area contributed by atoms with Crippen molar-refractivity contribution in [1.82, 2.24) is 0 Å². The van der Waals surface area contributed by atoms with Crippen LogP contribution in [-0.2, 0) is 38.2 Å². The minimum atomic E-state index is -0.782. The maximum atomic E-state index is 11.1. The molecule has 36 heavy (non-hydrogen) atoms. The summed E-state index contributed by atoms with van der Waals surface area (Å²) in [7, 11) is 2.09. The van der Waals surface area contributed by atoms with Crippen molar-refractivity contribution < 1.29 is 15.3 Å². The second-order valence-corrected chi connectivity index (χ2v) is 9.83. The maximum absolute atomic E-state index is 11.1. The molecule has 0 amide bonds. The third-order valence-corrected chi connectivity index (χ3v) is 7.57. The number of hydrogen-bond donors (Lipinski definition) is 3. The Morgan fingerprint density at radius 2 is 1.42 bits per heavy atom. The second-order valence-electron chi connectivity index (χ2n) is 9.83. The largest absolute Gasteiger partial charge is 0.392 e. The van der Waals surface area contributed by atoms with Crippen LogP contribution in [0.1, 0.15) is 80.3 Å². The van der Waals surface area contributed by atoms with E-state index >= 15 is 0 Å². The summed E-state index contributed by atoms with van der Waals surface area (Å²) < 4.78 is 0. The number of aliphatic hydroxyl groups is 3. The lowest BCUT2D eigenvalue weighted by Crippen LogP contribution is -2.23. The Labute approximate surface area is 217 Å². The molecule has 3 aromatic rings. The first-order valence-corrected chi connectivity index (χ1v) is 13.4. The van der Waals surface area contributed by atoms with Crippen LogP contribution in [0.2, 0.25) is 0 Å². The molecule has 0 atom stereocenters.